The van der Waals surface area contributed by atoms with Gasteiger partial charge in [-0.05, 0) is 26.3 Å². The Morgan fingerprint density at radius 1 is 1.77 bits per heavy atom. The molecule has 0 aromatic rings. The molecule has 1 aliphatic heterocycles. The quantitative estimate of drug-likeness (QED) is 0.296. The first-order chi connectivity index (χ1) is 6.15. The zero-order valence-electron chi connectivity index (χ0n) is 8.40. The van der Waals surface area contributed by atoms with Crippen molar-refractivity contribution in [1.29, 1.82) is 0 Å². The zero-order chi connectivity index (χ0) is 9.84. The standard InChI is InChI=1S/C9H19N3O/c1-7(9(10)11-13)6-12-5-3-4-8(12)2/h7-8,13H,3-6H2,1-2H3,(H2,10,11). The minimum atomic E-state index is 0.144. The van der Waals surface area contributed by atoms with E-state index in [0.717, 1.165) is 13.1 Å². The summed E-state index contributed by atoms with van der Waals surface area (Å²) in [4.78, 5) is 2.39. The van der Waals surface area contributed by atoms with Gasteiger partial charge in [-0.2, -0.15) is 0 Å². The number of oxime groups is 1. The monoisotopic (exact) mass is 185 g/mol. The van der Waals surface area contributed by atoms with Crippen LogP contribution in [-0.4, -0.2) is 35.1 Å². The van der Waals surface area contributed by atoms with E-state index >= 15 is 0 Å². The van der Waals surface area contributed by atoms with Crippen molar-refractivity contribution in [1.82, 2.24) is 4.90 Å². The van der Waals surface area contributed by atoms with Crippen molar-refractivity contribution < 1.29 is 5.21 Å². The van der Waals surface area contributed by atoms with Crippen molar-refractivity contribution in [3.05, 3.63) is 0 Å². The molecule has 3 N–H and O–H groups in total. The van der Waals surface area contributed by atoms with Crippen LogP contribution in [0.5, 0.6) is 0 Å². The fourth-order valence-electron chi connectivity index (χ4n) is 1.81. The van der Waals surface area contributed by atoms with Gasteiger partial charge in [0.2, 0.25) is 0 Å². The topological polar surface area (TPSA) is 61.8 Å². The van der Waals surface area contributed by atoms with Crippen molar-refractivity contribution in [2.75, 3.05) is 13.1 Å². The number of amidine groups is 1. The van der Waals surface area contributed by atoms with E-state index in [1.165, 1.54) is 12.8 Å². The van der Waals surface area contributed by atoms with Crippen molar-refractivity contribution in [3.8, 4) is 0 Å². The third kappa shape index (κ3) is 2.59. The van der Waals surface area contributed by atoms with Gasteiger partial charge in [0.1, 0.15) is 5.84 Å². The maximum absolute atomic E-state index is 8.49. The Labute approximate surface area is 79.4 Å². The summed E-state index contributed by atoms with van der Waals surface area (Å²) in [7, 11) is 0. The SMILES string of the molecule is CC(CN1CCCC1C)/C(N)=N/O. The van der Waals surface area contributed by atoms with Crippen LogP contribution in [0.1, 0.15) is 26.7 Å². The van der Waals surface area contributed by atoms with E-state index in [1.54, 1.807) is 0 Å². The van der Waals surface area contributed by atoms with Crippen LogP contribution < -0.4 is 5.73 Å². The Bertz CT molecular complexity index is 193. The van der Waals surface area contributed by atoms with Crippen LogP contribution in [0.15, 0.2) is 5.16 Å². The lowest BCUT2D eigenvalue weighted by Gasteiger charge is -2.23. The van der Waals surface area contributed by atoms with Gasteiger partial charge in [0, 0.05) is 18.5 Å². The lowest BCUT2D eigenvalue weighted by molar-refractivity contribution is 0.249. The molecule has 1 aliphatic rings. The van der Waals surface area contributed by atoms with E-state index in [-0.39, 0.29) is 5.92 Å². The van der Waals surface area contributed by atoms with Crippen LogP contribution in [0.2, 0.25) is 0 Å². The Balaban J connectivity index is 2.39. The third-order valence-electron chi connectivity index (χ3n) is 2.82. The lowest BCUT2D eigenvalue weighted by Crippen LogP contribution is -2.36. The Morgan fingerprint density at radius 3 is 2.92 bits per heavy atom. The van der Waals surface area contributed by atoms with Crippen molar-refractivity contribution >= 4 is 5.84 Å². The molecule has 2 atom stereocenters. The summed E-state index contributed by atoms with van der Waals surface area (Å²) in [6.45, 7) is 6.26. The van der Waals surface area contributed by atoms with Crippen LogP contribution in [0, 0.1) is 5.92 Å². The van der Waals surface area contributed by atoms with E-state index in [4.69, 9.17) is 10.9 Å². The molecule has 0 spiro atoms. The Kier molecular flexibility index (Phi) is 3.54. The van der Waals surface area contributed by atoms with Gasteiger partial charge >= 0.3 is 0 Å². The Morgan fingerprint density at radius 2 is 2.46 bits per heavy atom. The fraction of sp³-hybridized carbons (Fsp3) is 0.889. The summed E-state index contributed by atoms with van der Waals surface area (Å²) < 4.78 is 0. The van der Waals surface area contributed by atoms with Crippen LogP contribution in [-0.2, 0) is 0 Å². The van der Waals surface area contributed by atoms with Gasteiger partial charge in [-0.3, -0.25) is 4.90 Å². The maximum Gasteiger partial charge on any atom is 0.143 e. The molecule has 13 heavy (non-hydrogen) atoms. The second kappa shape index (κ2) is 4.46. The second-order valence-electron chi connectivity index (χ2n) is 3.91. The van der Waals surface area contributed by atoms with Crippen LogP contribution in [0.3, 0.4) is 0 Å². The molecule has 0 aromatic carbocycles. The molecule has 1 heterocycles. The van der Waals surface area contributed by atoms with E-state index in [0.29, 0.717) is 11.9 Å². The molecule has 1 fully saturated rings. The highest BCUT2D eigenvalue weighted by atomic mass is 16.4. The second-order valence-corrected chi connectivity index (χ2v) is 3.91. The number of nitrogens with zero attached hydrogens (tertiary/aromatic N) is 2. The summed E-state index contributed by atoms with van der Waals surface area (Å²) in [6, 6.07) is 0.647. The molecule has 0 saturated carbocycles. The average Bonchev–Trinajstić information content (AvgIpc) is 2.50. The number of nitrogens with two attached hydrogens (primary N) is 1. The van der Waals surface area contributed by atoms with Crippen LogP contribution >= 0.6 is 0 Å². The summed E-state index contributed by atoms with van der Waals surface area (Å²) in [5, 5.41) is 11.5. The van der Waals surface area contributed by atoms with E-state index in [9.17, 15) is 0 Å². The number of hydrogen-bond donors (Lipinski definition) is 2. The van der Waals surface area contributed by atoms with Gasteiger partial charge in [-0.15, -0.1) is 0 Å². The van der Waals surface area contributed by atoms with Crippen molar-refractivity contribution in [3.63, 3.8) is 0 Å². The molecule has 0 amide bonds. The molecule has 0 bridgehead atoms. The van der Waals surface area contributed by atoms with Gasteiger partial charge in [0.05, 0.1) is 0 Å². The summed E-state index contributed by atoms with van der Waals surface area (Å²) >= 11 is 0. The molecular formula is C9H19N3O. The van der Waals surface area contributed by atoms with Crippen molar-refractivity contribution in [2.24, 2.45) is 16.8 Å². The molecule has 0 aliphatic carbocycles. The number of likely N-dealkylation sites (tertiary alicyclic amines) is 1. The molecule has 1 rings (SSSR count). The molecule has 0 radical (unpaired) electrons. The summed E-state index contributed by atoms with van der Waals surface area (Å²) in [5.41, 5.74) is 5.51. The number of hydrogen-bond acceptors (Lipinski definition) is 3. The predicted octanol–water partition coefficient (Wildman–Crippen LogP) is 0.853. The minimum Gasteiger partial charge on any atom is -0.409 e. The highest BCUT2D eigenvalue weighted by molar-refractivity contribution is 5.82. The highest BCUT2D eigenvalue weighted by Crippen LogP contribution is 2.17. The van der Waals surface area contributed by atoms with Gasteiger partial charge in [0.25, 0.3) is 0 Å². The lowest BCUT2D eigenvalue weighted by atomic mass is 10.1. The molecule has 4 nitrogen and oxygen atoms in total. The zero-order valence-corrected chi connectivity index (χ0v) is 8.40. The average molecular weight is 185 g/mol. The molecule has 0 aromatic heterocycles. The summed E-state index contributed by atoms with van der Waals surface area (Å²) in [6.07, 6.45) is 2.53. The smallest absolute Gasteiger partial charge is 0.143 e. The first-order valence-corrected chi connectivity index (χ1v) is 4.86. The molecule has 4 heteroatoms. The maximum atomic E-state index is 8.49. The Hall–Kier alpha value is -0.770. The molecule has 2 unspecified atom stereocenters. The highest BCUT2D eigenvalue weighted by Gasteiger charge is 2.22. The van der Waals surface area contributed by atoms with Gasteiger partial charge < -0.3 is 10.9 Å². The number of rotatable bonds is 3. The summed E-state index contributed by atoms with van der Waals surface area (Å²) in [5.74, 6) is 0.477. The van der Waals surface area contributed by atoms with Crippen molar-refractivity contribution in [2.45, 2.75) is 32.7 Å². The fourth-order valence-corrected chi connectivity index (χ4v) is 1.81. The van der Waals surface area contributed by atoms with Crippen LogP contribution in [0.4, 0.5) is 0 Å². The van der Waals surface area contributed by atoms with Gasteiger partial charge in [0.15, 0.2) is 0 Å². The van der Waals surface area contributed by atoms with E-state index in [2.05, 4.69) is 17.0 Å². The third-order valence-corrected chi connectivity index (χ3v) is 2.82. The van der Waals surface area contributed by atoms with Crippen LogP contribution in [0.25, 0.3) is 0 Å². The molecule has 1 saturated heterocycles. The molecular weight excluding hydrogens is 166 g/mol. The van der Waals surface area contributed by atoms with E-state index in [1.807, 2.05) is 6.92 Å². The normalized spacial score (nSPS) is 27.8. The minimum absolute atomic E-state index is 0.144. The van der Waals surface area contributed by atoms with E-state index < -0.39 is 0 Å². The first kappa shape index (κ1) is 10.3. The van der Waals surface area contributed by atoms with Gasteiger partial charge in [-0.1, -0.05) is 12.1 Å². The molecule has 76 valence electrons. The predicted molar refractivity (Wildman–Crippen MR) is 52.8 cm³/mol. The van der Waals surface area contributed by atoms with Gasteiger partial charge in [-0.25, -0.2) is 0 Å². The largest absolute Gasteiger partial charge is 0.409 e. The first-order valence-electron chi connectivity index (χ1n) is 4.86.